The molecule has 5 aliphatic carbocycles. The number of aromatic carboxylic acids is 1. The number of nitrogens with one attached hydrogen (secondary N) is 4. The Morgan fingerprint density at radius 2 is 0.642 bits per heavy atom. The molecule has 0 radical (unpaired) electrons. The molecule has 8 aromatic rings. The monoisotopic (exact) mass is 2180 g/mol. The fourth-order valence-electron chi connectivity index (χ4n) is 20.7. The van der Waals surface area contributed by atoms with Gasteiger partial charge < -0.3 is 85.7 Å². The first-order valence-electron chi connectivity index (χ1n) is 46.1. The number of nitriles is 3. The van der Waals surface area contributed by atoms with Gasteiger partial charge in [0.2, 0.25) is 11.4 Å². The van der Waals surface area contributed by atoms with Crippen molar-refractivity contribution < 1.29 is 126 Å². The molecule has 38 heteroatoms. The minimum absolute atomic E-state index is 0. The van der Waals surface area contributed by atoms with E-state index in [-0.39, 0.29) is 197 Å². The number of nitrogens with zero attached hydrogens (tertiary/aromatic N) is 5. The normalized spacial score (nSPS) is 21.0. The van der Waals surface area contributed by atoms with Crippen molar-refractivity contribution in [3.8, 4) is 58.5 Å². The Labute approximate surface area is 927 Å². The number of rotatable bonds is 17. The summed E-state index contributed by atoms with van der Waals surface area (Å²) in [5.74, 6) is 0.684. The summed E-state index contributed by atoms with van der Waals surface area (Å²) in [5.41, 5.74) is 5.50. The Bertz CT molecular complexity index is 6200. The van der Waals surface area contributed by atoms with E-state index in [9.17, 15) is 48.2 Å². The number of hydrogen-bond acceptors (Lipinski definition) is 22. The topological polar surface area (TPSA) is 438 Å². The maximum absolute atomic E-state index is 12.8. The van der Waals surface area contributed by atoms with Gasteiger partial charge in [0.1, 0.15) is 99.9 Å². The number of aliphatic hydroxyl groups excluding tert-OH is 1. The van der Waals surface area contributed by atoms with Gasteiger partial charge in [0, 0.05) is 121 Å². The van der Waals surface area contributed by atoms with E-state index in [1.165, 1.54) is 62.4 Å². The van der Waals surface area contributed by atoms with Crippen molar-refractivity contribution in [1.29, 1.82) is 15.8 Å². The molecule has 0 aromatic heterocycles. The van der Waals surface area contributed by atoms with E-state index in [2.05, 4.69) is 114 Å². The number of ether oxygens (including phenoxy) is 8. The first kappa shape index (κ1) is 131. The molecule has 148 heavy (non-hydrogen) atoms. The summed E-state index contributed by atoms with van der Waals surface area (Å²) >= 11 is 29.9. The third kappa shape index (κ3) is 31.8. The molecule has 0 atom stereocenters. The van der Waals surface area contributed by atoms with Crippen LogP contribution >= 0.6 is 82.8 Å². The second-order valence-electron chi connectivity index (χ2n) is 43.8. The Morgan fingerprint density at radius 1 is 0.392 bits per heavy atom. The van der Waals surface area contributed by atoms with Crippen LogP contribution in [0.15, 0.2) is 164 Å². The molecule has 8 aromatic carbocycles. The molecule has 0 bridgehead atoms. The molecule has 0 aliphatic heterocycles. The Hall–Kier alpha value is -11.1. The fourth-order valence-corrected chi connectivity index (χ4v) is 21.7. The summed E-state index contributed by atoms with van der Waals surface area (Å²) in [6.45, 7) is 68.7. The molecule has 0 heterocycles. The number of nitrogens with two attached hydrogens (primary N) is 1. The van der Waals surface area contributed by atoms with Gasteiger partial charge in [-0.3, -0.25) is 19.2 Å². The summed E-state index contributed by atoms with van der Waals surface area (Å²) in [4.78, 5) is 88.1. The zero-order chi connectivity index (χ0) is 109. The van der Waals surface area contributed by atoms with E-state index in [1.807, 2.05) is 115 Å². The van der Waals surface area contributed by atoms with E-state index in [0.717, 1.165) is 6.07 Å². The minimum atomic E-state index is -1.01. The molecule has 13 rings (SSSR count). The van der Waals surface area contributed by atoms with Crippen LogP contribution < -0.4 is 85.0 Å². The SMILES string of the molecule is CC(=O)Oc1ccc(C(=O)O)cc1.CC(C)(C)OC(=O)NC1C(C)(C)C(O)C1(C)C.CC(C)(C)OC(=O)NC1C(C)(C)C(Oc2ccc(C#N)c(Cl)c2)C1(C)C.CC1(C)C(N)C(C)(C)C1Oc1ccc(C#N)c(Cl)c1.Cl.Cl.N#Cc1ccc(F)cc1Cl.[C-]#[N+]c1ccc(OC2C(C)(C)C(NC(=O)c3ccc(O)cc3)C2(C)C)cc1Cl.[C-]#[N+]c1ccc(OC2C(C)(C)C(NC(=O)c3ccc(OC(C)=O)cc3)C2(C)C)cc1Cl.[Na+].[OH-]. The van der Waals surface area contributed by atoms with Gasteiger partial charge in [-0.1, -0.05) is 209 Å². The van der Waals surface area contributed by atoms with Gasteiger partial charge in [-0.15, -0.1) is 24.8 Å². The van der Waals surface area contributed by atoms with Gasteiger partial charge in [0.15, 0.2) is 0 Å². The van der Waals surface area contributed by atoms with Crippen molar-refractivity contribution in [2.45, 2.75) is 266 Å². The van der Waals surface area contributed by atoms with E-state index in [4.69, 9.17) is 136 Å². The molecule has 0 unspecified atom stereocenters. The van der Waals surface area contributed by atoms with Gasteiger partial charge in [0.25, 0.3) is 11.8 Å². The number of hydrogen-bond donors (Lipinski definition) is 8. The molecule has 0 spiro atoms. The largest absolute Gasteiger partial charge is 1.00 e. The zero-order valence-corrected chi connectivity index (χ0v) is 96.1. The number of aliphatic hydroxyl groups is 1. The summed E-state index contributed by atoms with van der Waals surface area (Å²) in [5, 5.41) is 67.9. The molecule has 5 fully saturated rings. The van der Waals surface area contributed by atoms with Crippen LogP contribution in [0.1, 0.15) is 242 Å². The van der Waals surface area contributed by atoms with Crippen molar-refractivity contribution >= 4 is 136 Å². The van der Waals surface area contributed by atoms with E-state index in [1.54, 1.807) is 109 Å². The number of benzene rings is 8. The second kappa shape index (κ2) is 51.6. The zero-order valence-electron chi connectivity index (χ0n) is 88.7. The minimum Gasteiger partial charge on any atom is -0.870 e. The Kier molecular flexibility index (Phi) is 45.7. The number of carbonyl (C=O) groups excluding carboxylic acids is 6. The summed E-state index contributed by atoms with van der Waals surface area (Å²) < 4.78 is 57.3. The summed E-state index contributed by atoms with van der Waals surface area (Å²) in [6.07, 6.45) is -1.71. The Balaban J connectivity index is 0.000000453. The van der Waals surface area contributed by atoms with Crippen LogP contribution in [-0.4, -0.2) is 135 Å². The third-order valence-corrected chi connectivity index (χ3v) is 27.9. The number of phenols is 1. The number of halogens is 8. The van der Waals surface area contributed by atoms with Gasteiger partial charge in [0.05, 0.1) is 66.6 Å². The van der Waals surface area contributed by atoms with Crippen LogP contribution in [0.25, 0.3) is 9.69 Å². The number of alkyl carbamates (subject to hydrolysis) is 2. The number of carbonyl (C=O) groups is 7. The molecular weight excluding hydrogens is 2060 g/mol. The van der Waals surface area contributed by atoms with E-state index in [0.29, 0.717) is 93.8 Å². The molecule has 794 valence electrons. The van der Waals surface area contributed by atoms with Crippen molar-refractivity contribution in [2.75, 3.05) is 0 Å². The van der Waals surface area contributed by atoms with Gasteiger partial charge >= 0.3 is 59.7 Å². The van der Waals surface area contributed by atoms with Crippen LogP contribution in [0.3, 0.4) is 0 Å². The van der Waals surface area contributed by atoms with Crippen LogP contribution in [0.4, 0.5) is 25.4 Å². The maximum atomic E-state index is 12.8. The number of esters is 2. The van der Waals surface area contributed by atoms with Gasteiger partial charge in [-0.2, -0.15) is 15.8 Å². The molecule has 29 nitrogen and oxygen atoms in total. The van der Waals surface area contributed by atoms with Gasteiger partial charge in [-0.25, -0.2) is 28.5 Å². The first-order chi connectivity index (χ1) is 66.2. The van der Waals surface area contributed by atoms with Crippen LogP contribution in [0.5, 0.6) is 40.2 Å². The third-order valence-electron chi connectivity index (χ3n) is 26.4. The number of aromatic hydroxyl groups is 1. The predicted molar refractivity (Wildman–Crippen MR) is 569 cm³/mol. The fraction of sp³-hybridized carbons (Fsp3) is 0.455. The van der Waals surface area contributed by atoms with Crippen LogP contribution in [0, 0.1) is 107 Å². The van der Waals surface area contributed by atoms with Crippen molar-refractivity contribution in [3.63, 3.8) is 0 Å². The summed E-state index contributed by atoms with van der Waals surface area (Å²) in [6, 6.07) is 47.7. The molecule has 0 saturated heterocycles. The van der Waals surface area contributed by atoms with Crippen molar-refractivity contribution in [2.24, 2.45) is 59.9 Å². The van der Waals surface area contributed by atoms with Crippen LogP contribution in [0.2, 0.25) is 25.1 Å². The number of carboxylic acid groups (broad SMARTS) is 1. The molecular formula is C110H133Cl7FN10NaO19. The van der Waals surface area contributed by atoms with Crippen molar-refractivity contribution in [3.05, 3.63) is 251 Å². The van der Waals surface area contributed by atoms with Gasteiger partial charge in [-0.05, 0) is 181 Å². The standard InChI is InChI=1S/C24H25ClN2O4.C22H23ClN2O3.C20H27ClN2O3.C15H19ClN2O.C13H25NO3.C9H8O4.C7H3ClFN.2ClH.Na.H2O/c1-14(28)30-16-9-7-15(8-10-16)20(29)27-21-23(2,3)22(24(21,4)5)31-17-11-12-19(26-6)18(25)13-17;1-21(2)19(25-18(27)13-6-8-14(26)9-7-13)22(3,4)20(21)28-15-10-11-17(24-5)16(23)12-15;1-18(2,3)26-17(24)23-15-19(4,5)16(20(15,6)7)25-13-9-8-12(11-22)14(21)10-13;1-14(2)12(18)15(3,4)13(14)19-10-6-5-9(8-17)11(16)7-10;1-11(2,3)17-10(16)14-8-12(4,5)9(15)13(8,6)7;1-6(10)13-8-4-2-7(3-5-8)9(11)12;8-7-3-6(9)2-1-5(7)4-10;;;;/h7-13,21-22H,1-5H3,(H,27,29);6-12,19-20,26H,1-4H3,(H,25,27);8-10,15-16H,1-7H3,(H,23,24);5-7,12-13H,18H2,1-4H3;8-9,15H,1-7H3,(H,14,16);2-5H,1H3,(H,11,12);1-3H;2*1H;;1H2/q;;;;;;;;;+1;/p-1. The Morgan fingerprint density at radius 3 is 0.905 bits per heavy atom. The number of amides is 4. The predicted octanol–water partition coefficient (Wildman–Crippen LogP) is 22.5. The number of carboxylic acids is 1. The van der Waals surface area contributed by atoms with E-state index < -0.39 is 53.2 Å². The molecule has 5 saturated carbocycles. The second-order valence-corrected chi connectivity index (χ2v) is 45.9. The quantitative estimate of drug-likeness (QED) is 0.0182. The molecule has 10 N–H and O–H groups in total. The average molecular weight is 2190 g/mol. The first-order valence-corrected chi connectivity index (χ1v) is 48.0. The summed E-state index contributed by atoms with van der Waals surface area (Å²) in [7, 11) is 0. The van der Waals surface area contributed by atoms with E-state index >= 15 is 0 Å². The molecule has 4 amide bonds. The van der Waals surface area contributed by atoms with Crippen LogP contribution in [-0.2, 0) is 19.1 Å². The number of phenolic OH excluding ortho intramolecular Hbond substituents is 1. The maximum Gasteiger partial charge on any atom is 1.00 e. The average Bonchev–Trinajstić information content (AvgIpc) is 0.783. The molecule has 5 aliphatic rings. The smallest absolute Gasteiger partial charge is 0.870 e. The van der Waals surface area contributed by atoms with Crippen molar-refractivity contribution in [1.82, 2.24) is 21.3 Å².